The fraction of sp³-hybridized carbons (Fsp3) is 0.211. The van der Waals surface area contributed by atoms with Crippen molar-refractivity contribution < 1.29 is 14.6 Å². The Bertz CT molecular complexity index is 1120. The van der Waals surface area contributed by atoms with Gasteiger partial charge in [0.1, 0.15) is 11.4 Å². The van der Waals surface area contributed by atoms with E-state index >= 15 is 0 Å². The number of carbonyl (C=O) groups excluding carboxylic acids is 1. The predicted octanol–water partition coefficient (Wildman–Crippen LogP) is 4.30. The first kappa shape index (κ1) is 14.6. The molecule has 5 heteroatoms. The largest absolute Gasteiger partial charge is 0.508 e. The molecule has 0 unspecified atom stereocenters. The van der Waals surface area contributed by atoms with E-state index in [1.807, 2.05) is 26.0 Å². The number of aryl methyl sites for hydroxylation is 2. The summed E-state index contributed by atoms with van der Waals surface area (Å²) >= 11 is 0. The molecule has 2 heterocycles. The Morgan fingerprint density at radius 2 is 1.88 bits per heavy atom. The SMILES string of the molecule is CCOC(=O)c1[nH]c2cc3c([nH]c4ccc(O)cc43)c(C)c2c1C. The lowest BCUT2D eigenvalue weighted by atomic mass is 10.0. The number of nitrogens with one attached hydrogen (secondary N) is 2. The molecule has 2 aromatic heterocycles. The lowest BCUT2D eigenvalue weighted by molar-refractivity contribution is 0.0520. The highest BCUT2D eigenvalue weighted by Crippen LogP contribution is 2.36. The minimum Gasteiger partial charge on any atom is -0.508 e. The van der Waals surface area contributed by atoms with E-state index in [0.717, 1.165) is 43.8 Å². The zero-order valence-electron chi connectivity index (χ0n) is 13.8. The van der Waals surface area contributed by atoms with E-state index in [2.05, 4.69) is 9.97 Å². The molecule has 0 radical (unpaired) electrons. The van der Waals surface area contributed by atoms with Crippen LogP contribution in [0.15, 0.2) is 24.3 Å². The van der Waals surface area contributed by atoms with E-state index in [-0.39, 0.29) is 11.7 Å². The number of ether oxygens (including phenoxy) is 1. The molecule has 0 atom stereocenters. The number of aromatic nitrogens is 2. The number of H-pyrrole nitrogens is 2. The van der Waals surface area contributed by atoms with Crippen LogP contribution in [-0.4, -0.2) is 27.7 Å². The van der Waals surface area contributed by atoms with E-state index in [1.165, 1.54) is 0 Å². The van der Waals surface area contributed by atoms with Crippen molar-refractivity contribution in [2.75, 3.05) is 6.61 Å². The van der Waals surface area contributed by atoms with Gasteiger partial charge in [-0.15, -0.1) is 0 Å². The molecule has 0 fully saturated rings. The van der Waals surface area contributed by atoms with E-state index in [1.54, 1.807) is 19.1 Å². The van der Waals surface area contributed by atoms with Crippen LogP contribution in [0.1, 0.15) is 28.5 Å². The standard InChI is InChI=1S/C19H18N2O3/c1-4-24-19(23)18-10(3)16-9(2)17-13(8-15(16)21-18)12-7-11(22)5-6-14(12)20-17/h5-8,20-22H,4H2,1-3H3. The Kier molecular flexibility index (Phi) is 3.06. The summed E-state index contributed by atoms with van der Waals surface area (Å²) in [6.07, 6.45) is 0. The van der Waals surface area contributed by atoms with Crippen LogP contribution in [0.25, 0.3) is 32.7 Å². The Hall–Kier alpha value is -2.95. The molecule has 0 aliphatic carbocycles. The molecule has 122 valence electrons. The molecule has 2 aromatic carbocycles. The van der Waals surface area contributed by atoms with Gasteiger partial charge in [0.05, 0.1) is 12.1 Å². The summed E-state index contributed by atoms with van der Waals surface area (Å²) in [6.45, 7) is 6.11. The summed E-state index contributed by atoms with van der Waals surface area (Å²) < 4.78 is 5.13. The van der Waals surface area contributed by atoms with Gasteiger partial charge in [-0.25, -0.2) is 4.79 Å². The molecule has 4 rings (SSSR count). The Morgan fingerprint density at radius 3 is 2.62 bits per heavy atom. The molecule has 0 saturated heterocycles. The number of esters is 1. The molecule has 5 nitrogen and oxygen atoms in total. The first-order valence-electron chi connectivity index (χ1n) is 7.94. The second kappa shape index (κ2) is 5.03. The van der Waals surface area contributed by atoms with Crippen molar-refractivity contribution >= 4 is 38.7 Å². The monoisotopic (exact) mass is 322 g/mol. The maximum atomic E-state index is 12.1. The Labute approximate surface area is 138 Å². The van der Waals surface area contributed by atoms with Gasteiger partial charge in [-0.05, 0) is 56.2 Å². The van der Waals surface area contributed by atoms with Crippen LogP contribution in [0.4, 0.5) is 0 Å². The third-order valence-electron chi connectivity index (χ3n) is 4.62. The zero-order chi connectivity index (χ0) is 17.0. The summed E-state index contributed by atoms with van der Waals surface area (Å²) in [5.41, 5.74) is 5.34. The number of fused-ring (bicyclic) bond motifs is 4. The van der Waals surface area contributed by atoms with Crippen molar-refractivity contribution in [2.24, 2.45) is 0 Å². The fourth-order valence-corrected chi connectivity index (χ4v) is 3.53. The molecule has 3 N–H and O–H groups in total. The highest BCUT2D eigenvalue weighted by atomic mass is 16.5. The van der Waals surface area contributed by atoms with Crippen LogP contribution in [0.3, 0.4) is 0 Å². The Morgan fingerprint density at radius 1 is 1.08 bits per heavy atom. The molecule has 24 heavy (non-hydrogen) atoms. The summed E-state index contributed by atoms with van der Waals surface area (Å²) in [5, 5.41) is 12.8. The lowest BCUT2D eigenvalue weighted by Crippen LogP contribution is -2.06. The first-order valence-corrected chi connectivity index (χ1v) is 7.94. The molecule has 0 saturated carbocycles. The average molecular weight is 322 g/mol. The van der Waals surface area contributed by atoms with Crippen molar-refractivity contribution in [3.8, 4) is 5.75 Å². The first-order chi connectivity index (χ1) is 11.5. The van der Waals surface area contributed by atoms with Gasteiger partial charge in [-0.1, -0.05) is 0 Å². The van der Waals surface area contributed by atoms with Gasteiger partial charge in [0.15, 0.2) is 0 Å². The van der Waals surface area contributed by atoms with Gasteiger partial charge in [-0.2, -0.15) is 0 Å². The van der Waals surface area contributed by atoms with Crippen LogP contribution in [0.5, 0.6) is 5.75 Å². The van der Waals surface area contributed by atoms with Crippen LogP contribution in [-0.2, 0) is 4.74 Å². The average Bonchev–Trinajstić information content (AvgIpc) is 3.07. The van der Waals surface area contributed by atoms with E-state index in [0.29, 0.717) is 12.3 Å². The van der Waals surface area contributed by atoms with Gasteiger partial charge < -0.3 is 19.8 Å². The third kappa shape index (κ3) is 1.91. The number of hydrogen-bond acceptors (Lipinski definition) is 3. The topological polar surface area (TPSA) is 78.1 Å². The summed E-state index contributed by atoms with van der Waals surface area (Å²) in [6, 6.07) is 7.31. The quantitative estimate of drug-likeness (QED) is 0.481. The number of aromatic hydroxyl groups is 1. The zero-order valence-corrected chi connectivity index (χ0v) is 13.8. The predicted molar refractivity (Wildman–Crippen MR) is 94.8 cm³/mol. The number of phenols is 1. The van der Waals surface area contributed by atoms with Crippen LogP contribution in [0, 0.1) is 13.8 Å². The minimum absolute atomic E-state index is 0.232. The van der Waals surface area contributed by atoms with Gasteiger partial charge in [-0.3, -0.25) is 0 Å². The van der Waals surface area contributed by atoms with E-state index in [9.17, 15) is 9.90 Å². The van der Waals surface area contributed by atoms with Crippen LogP contribution >= 0.6 is 0 Å². The highest BCUT2D eigenvalue weighted by Gasteiger charge is 2.19. The normalized spacial score (nSPS) is 11.6. The molecule has 0 amide bonds. The van der Waals surface area contributed by atoms with E-state index < -0.39 is 0 Å². The number of rotatable bonds is 2. The number of benzene rings is 2. The van der Waals surface area contributed by atoms with E-state index in [4.69, 9.17) is 4.74 Å². The van der Waals surface area contributed by atoms with Crippen LogP contribution < -0.4 is 0 Å². The van der Waals surface area contributed by atoms with Gasteiger partial charge in [0.25, 0.3) is 0 Å². The molecule has 0 aliphatic rings. The third-order valence-corrected chi connectivity index (χ3v) is 4.62. The van der Waals surface area contributed by atoms with Crippen molar-refractivity contribution in [3.05, 3.63) is 41.1 Å². The molecule has 4 aromatic rings. The molecular weight excluding hydrogens is 304 g/mol. The molecule has 0 spiro atoms. The van der Waals surface area contributed by atoms with Crippen molar-refractivity contribution in [1.29, 1.82) is 0 Å². The second-order valence-electron chi connectivity index (χ2n) is 6.05. The van der Waals surface area contributed by atoms with Crippen molar-refractivity contribution in [3.63, 3.8) is 0 Å². The Balaban J connectivity index is 2.08. The number of carbonyl (C=O) groups is 1. The highest BCUT2D eigenvalue weighted by molar-refractivity contribution is 6.15. The van der Waals surface area contributed by atoms with Gasteiger partial charge in [0, 0.05) is 27.2 Å². The smallest absolute Gasteiger partial charge is 0.355 e. The van der Waals surface area contributed by atoms with Gasteiger partial charge in [0.2, 0.25) is 0 Å². The van der Waals surface area contributed by atoms with Crippen molar-refractivity contribution in [1.82, 2.24) is 9.97 Å². The molecule has 0 aliphatic heterocycles. The maximum absolute atomic E-state index is 12.1. The molecule has 0 bridgehead atoms. The summed E-state index contributed by atoms with van der Waals surface area (Å²) in [5.74, 6) is -0.104. The fourth-order valence-electron chi connectivity index (χ4n) is 3.53. The van der Waals surface area contributed by atoms with Gasteiger partial charge >= 0.3 is 5.97 Å². The molecular formula is C19H18N2O3. The number of hydrogen-bond donors (Lipinski definition) is 3. The number of aromatic amines is 2. The van der Waals surface area contributed by atoms with Crippen LogP contribution in [0.2, 0.25) is 0 Å². The van der Waals surface area contributed by atoms with Crippen molar-refractivity contribution in [2.45, 2.75) is 20.8 Å². The number of phenolic OH excluding ortho intramolecular Hbond substituents is 1. The summed E-state index contributed by atoms with van der Waals surface area (Å²) in [4.78, 5) is 18.8. The summed E-state index contributed by atoms with van der Waals surface area (Å²) in [7, 11) is 0. The second-order valence-corrected chi connectivity index (χ2v) is 6.05. The lowest BCUT2D eigenvalue weighted by Gasteiger charge is -2.02. The minimum atomic E-state index is -0.336. The maximum Gasteiger partial charge on any atom is 0.355 e.